The number of nitrogens with zero attached hydrogens (tertiary/aromatic N) is 1. The van der Waals surface area contributed by atoms with Crippen molar-refractivity contribution in [3.63, 3.8) is 0 Å². The van der Waals surface area contributed by atoms with Gasteiger partial charge in [-0.05, 0) is 48.1 Å². The molecule has 7 nitrogen and oxygen atoms in total. The fourth-order valence-corrected chi connectivity index (χ4v) is 4.37. The lowest BCUT2D eigenvalue weighted by atomic mass is 10.00. The van der Waals surface area contributed by atoms with Crippen molar-refractivity contribution in [2.45, 2.75) is 83.3 Å². The molecule has 4 atom stereocenters. The van der Waals surface area contributed by atoms with Crippen LogP contribution in [0.15, 0.2) is 42.5 Å². The van der Waals surface area contributed by atoms with E-state index in [9.17, 15) is 27.9 Å². The van der Waals surface area contributed by atoms with Crippen LogP contribution in [0.1, 0.15) is 56.2 Å². The van der Waals surface area contributed by atoms with E-state index >= 15 is 0 Å². The lowest BCUT2D eigenvalue weighted by Crippen LogP contribution is -2.54. The third kappa shape index (κ3) is 10.9. The maximum absolute atomic E-state index is 14.8. The van der Waals surface area contributed by atoms with Gasteiger partial charge in [0.2, 0.25) is 5.91 Å². The minimum atomic E-state index is -1.31. The van der Waals surface area contributed by atoms with Gasteiger partial charge in [-0.2, -0.15) is 0 Å². The summed E-state index contributed by atoms with van der Waals surface area (Å²) in [6.07, 6.45) is -0.360. The maximum Gasteiger partial charge on any atom is 0.315 e. The van der Waals surface area contributed by atoms with Crippen molar-refractivity contribution in [1.82, 2.24) is 15.5 Å². The van der Waals surface area contributed by atoms with Crippen LogP contribution in [0, 0.1) is 11.6 Å². The number of benzene rings is 2. The molecule has 0 aliphatic rings. The SMILES string of the molecule is CCCCC(F)C[C@@H](NC(=O)NC)C(=O)N(Cc1cccc(CC)c1)C[C@@H](O)[C@@H](N)Cc1cc(F)cc(F)c1. The number of hydrogen-bond donors (Lipinski definition) is 4. The van der Waals surface area contributed by atoms with Crippen LogP contribution in [0.3, 0.4) is 0 Å². The molecule has 2 aromatic carbocycles. The molecule has 0 radical (unpaired) electrons. The smallest absolute Gasteiger partial charge is 0.315 e. The van der Waals surface area contributed by atoms with Gasteiger partial charge in [0.15, 0.2) is 0 Å². The van der Waals surface area contributed by atoms with Crippen LogP contribution in [0.5, 0.6) is 0 Å². The third-order valence-corrected chi connectivity index (χ3v) is 6.57. The molecule has 0 aromatic heterocycles. The Morgan fingerprint density at radius 1 is 1.05 bits per heavy atom. The van der Waals surface area contributed by atoms with E-state index in [1.807, 2.05) is 38.1 Å². The highest BCUT2D eigenvalue weighted by Gasteiger charge is 2.31. The summed E-state index contributed by atoms with van der Waals surface area (Å²) in [6.45, 7) is 3.79. The second-order valence-electron chi connectivity index (χ2n) is 9.86. The highest BCUT2D eigenvalue weighted by molar-refractivity contribution is 5.87. The second-order valence-corrected chi connectivity index (χ2v) is 9.86. The van der Waals surface area contributed by atoms with E-state index in [1.54, 1.807) is 0 Å². The molecule has 39 heavy (non-hydrogen) atoms. The molecule has 0 heterocycles. The van der Waals surface area contributed by atoms with E-state index in [0.29, 0.717) is 6.42 Å². The first-order valence-electron chi connectivity index (χ1n) is 13.4. The highest BCUT2D eigenvalue weighted by atomic mass is 19.1. The van der Waals surface area contributed by atoms with Crippen LogP contribution in [-0.4, -0.2) is 59.9 Å². The summed E-state index contributed by atoms with van der Waals surface area (Å²) in [6, 6.07) is 7.84. The fraction of sp³-hybridized carbons (Fsp3) is 0.517. The van der Waals surface area contributed by atoms with Gasteiger partial charge in [0.25, 0.3) is 0 Å². The number of aryl methyl sites for hydroxylation is 1. The summed E-state index contributed by atoms with van der Waals surface area (Å²) in [5, 5.41) is 15.9. The van der Waals surface area contributed by atoms with Gasteiger partial charge in [0, 0.05) is 38.7 Å². The van der Waals surface area contributed by atoms with Crippen LogP contribution < -0.4 is 16.4 Å². The number of hydrogen-bond acceptors (Lipinski definition) is 4. The standard InChI is InChI=1S/C29H41F3N4O3/c1-4-6-10-22(30)16-26(35-29(39)34-3)28(38)36(17-20-9-7-8-19(5-2)11-20)18-27(37)25(33)14-21-12-23(31)15-24(32)13-21/h7-9,11-13,15,22,25-27,37H,4-6,10,14,16-18,33H2,1-3H3,(H2,34,35,39)/t22?,25-,26+,27+/m0/s1. The van der Waals surface area contributed by atoms with Crippen molar-refractivity contribution >= 4 is 11.9 Å². The molecule has 2 rings (SSSR count). The van der Waals surface area contributed by atoms with Gasteiger partial charge < -0.3 is 26.4 Å². The number of carbonyl (C=O) groups is 2. The zero-order valence-corrected chi connectivity index (χ0v) is 22.9. The molecule has 0 aliphatic heterocycles. The lowest BCUT2D eigenvalue weighted by Gasteiger charge is -2.32. The van der Waals surface area contributed by atoms with E-state index < -0.39 is 47.9 Å². The predicted molar refractivity (Wildman–Crippen MR) is 146 cm³/mol. The molecule has 216 valence electrons. The number of nitrogens with one attached hydrogen (secondary N) is 2. The average Bonchev–Trinajstić information content (AvgIpc) is 2.90. The van der Waals surface area contributed by atoms with E-state index in [4.69, 9.17) is 5.73 Å². The summed E-state index contributed by atoms with van der Waals surface area (Å²) >= 11 is 0. The number of rotatable bonds is 15. The van der Waals surface area contributed by atoms with E-state index in [-0.39, 0.29) is 37.9 Å². The van der Waals surface area contributed by atoms with Gasteiger partial charge in [-0.25, -0.2) is 18.0 Å². The summed E-state index contributed by atoms with van der Waals surface area (Å²) < 4.78 is 42.0. The van der Waals surface area contributed by atoms with Gasteiger partial charge in [0.05, 0.1) is 6.10 Å². The zero-order valence-electron chi connectivity index (χ0n) is 22.9. The van der Waals surface area contributed by atoms with Crippen molar-refractivity contribution in [3.8, 4) is 0 Å². The Hall–Kier alpha value is -3.11. The zero-order chi connectivity index (χ0) is 28.9. The van der Waals surface area contributed by atoms with Crippen LogP contribution >= 0.6 is 0 Å². The first-order valence-corrected chi connectivity index (χ1v) is 13.4. The summed E-state index contributed by atoms with van der Waals surface area (Å²) in [5.74, 6) is -2.08. The third-order valence-electron chi connectivity index (χ3n) is 6.57. The first kappa shape index (κ1) is 32.1. The Labute approximate surface area is 229 Å². The molecular formula is C29H41F3N4O3. The molecule has 0 bridgehead atoms. The largest absolute Gasteiger partial charge is 0.390 e. The molecule has 2 aromatic rings. The van der Waals surface area contributed by atoms with Crippen LogP contribution in [0.2, 0.25) is 0 Å². The van der Waals surface area contributed by atoms with Crippen molar-refractivity contribution < 1.29 is 27.9 Å². The number of unbranched alkanes of at least 4 members (excludes halogenated alkanes) is 1. The molecule has 0 saturated heterocycles. The summed E-state index contributed by atoms with van der Waals surface area (Å²) in [5.41, 5.74) is 8.28. The second kappa shape index (κ2) is 16.1. The fourth-order valence-electron chi connectivity index (χ4n) is 4.37. The van der Waals surface area contributed by atoms with Crippen molar-refractivity contribution in [1.29, 1.82) is 0 Å². The highest BCUT2D eigenvalue weighted by Crippen LogP contribution is 2.17. The molecular weight excluding hydrogens is 509 g/mol. The van der Waals surface area contributed by atoms with Crippen LogP contribution in [0.25, 0.3) is 0 Å². The van der Waals surface area contributed by atoms with Crippen LogP contribution in [0.4, 0.5) is 18.0 Å². The summed E-state index contributed by atoms with van der Waals surface area (Å²) in [7, 11) is 1.40. The number of aliphatic hydroxyl groups excluding tert-OH is 1. The Kier molecular flexibility index (Phi) is 13.3. The first-order chi connectivity index (χ1) is 18.6. The summed E-state index contributed by atoms with van der Waals surface area (Å²) in [4.78, 5) is 27.2. The molecule has 0 aliphatic carbocycles. The Bertz CT molecular complexity index is 1050. The Balaban J connectivity index is 2.30. The number of halogens is 3. The van der Waals surface area contributed by atoms with Gasteiger partial charge in [0.1, 0.15) is 23.8 Å². The molecule has 0 spiro atoms. The van der Waals surface area contributed by atoms with E-state index in [2.05, 4.69) is 10.6 Å². The number of carbonyl (C=O) groups excluding carboxylic acids is 2. The number of nitrogens with two attached hydrogens (primary N) is 1. The molecule has 0 saturated carbocycles. The molecule has 0 fully saturated rings. The molecule has 1 unspecified atom stereocenters. The van der Waals surface area contributed by atoms with Gasteiger partial charge in [-0.1, -0.05) is 51.0 Å². The average molecular weight is 551 g/mol. The molecule has 3 amide bonds. The van der Waals surface area contributed by atoms with Crippen molar-refractivity contribution in [2.24, 2.45) is 5.73 Å². The quantitative estimate of drug-likeness (QED) is 0.269. The minimum Gasteiger partial charge on any atom is -0.390 e. The topological polar surface area (TPSA) is 108 Å². The minimum absolute atomic E-state index is 0.0350. The van der Waals surface area contributed by atoms with E-state index in [0.717, 1.165) is 42.2 Å². The van der Waals surface area contributed by atoms with Crippen LogP contribution in [-0.2, 0) is 24.2 Å². The molecule has 10 heteroatoms. The lowest BCUT2D eigenvalue weighted by molar-refractivity contribution is -0.136. The predicted octanol–water partition coefficient (Wildman–Crippen LogP) is 4.00. The monoisotopic (exact) mass is 550 g/mol. The number of amides is 3. The van der Waals surface area contributed by atoms with Gasteiger partial charge in [-0.15, -0.1) is 0 Å². The molecule has 5 N–H and O–H groups in total. The number of urea groups is 1. The maximum atomic E-state index is 14.8. The van der Waals surface area contributed by atoms with E-state index in [1.165, 1.54) is 11.9 Å². The normalized spacial score (nSPS) is 14.3. The van der Waals surface area contributed by atoms with Crippen molar-refractivity contribution in [2.75, 3.05) is 13.6 Å². The number of aliphatic hydroxyl groups is 1. The van der Waals surface area contributed by atoms with Gasteiger partial charge in [-0.3, -0.25) is 4.79 Å². The van der Waals surface area contributed by atoms with Gasteiger partial charge >= 0.3 is 6.03 Å². The number of alkyl halides is 1. The Morgan fingerprint density at radius 3 is 2.33 bits per heavy atom. The van der Waals surface area contributed by atoms with Crippen molar-refractivity contribution in [3.05, 3.63) is 70.8 Å². The Morgan fingerprint density at radius 2 is 1.72 bits per heavy atom.